The van der Waals surface area contributed by atoms with Crippen LogP contribution in [0.15, 0.2) is 18.2 Å². The smallest absolute Gasteiger partial charge is 0.251 e. The van der Waals surface area contributed by atoms with Crippen molar-refractivity contribution in [2.45, 2.75) is 6.42 Å². The Morgan fingerprint density at radius 3 is 2.85 bits per heavy atom. The van der Waals surface area contributed by atoms with Gasteiger partial charge in [-0.25, -0.2) is 0 Å². The predicted octanol–water partition coefficient (Wildman–Crippen LogP) is 0.995. The van der Waals surface area contributed by atoms with Crippen LogP contribution in [0.3, 0.4) is 0 Å². The molecule has 3 N–H and O–H groups in total. The molecule has 0 saturated heterocycles. The molecular weight excluding hydrogens is 256 g/mol. The summed E-state index contributed by atoms with van der Waals surface area (Å²) in [5.74, 6) is -0.168. The van der Waals surface area contributed by atoms with E-state index >= 15 is 0 Å². The molecule has 0 atom stereocenters. The van der Waals surface area contributed by atoms with Crippen LogP contribution in [0.1, 0.15) is 16.8 Å². The van der Waals surface area contributed by atoms with Gasteiger partial charge >= 0.3 is 0 Å². The minimum Gasteiger partial charge on any atom is -0.397 e. The van der Waals surface area contributed by atoms with Crippen molar-refractivity contribution in [1.29, 1.82) is 5.26 Å². The number of hydrogen-bond donors (Lipinski definition) is 2. The lowest BCUT2D eigenvalue weighted by molar-refractivity contribution is 0.0963. The Morgan fingerprint density at radius 2 is 2.25 bits per heavy atom. The summed E-state index contributed by atoms with van der Waals surface area (Å²) in [5, 5.41) is 11.3. The highest BCUT2D eigenvalue weighted by Gasteiger charge is 2.13. The quantitative estimate of drug-likeness (QED) is 0.725. The number of carbonyl (C=O) groups is 1. The van der Waals surface area contributed by atoms with Crippen LogP contribution in [0.5, 0.6) is 0 Å². The molecule has 108 valence electrons. The van der Waals surface area contributed by atoms with E-state index in [-0.39, 0.29) is 5.91 Å². The Balaban J connectivity index is 3.03. The molecule has 0 fully saturated rings. The normalized spacial score (nSPS) is 9.85. The molecule has 0 aromatic heterocycles. The first-order valence-electron chi connectivity index (χ1n) is 6.36. The first-order valence-corrected chi connectivity index (χ1v) is 6.36. The van der Waals surface area contributed by atoms with Gasteiger partial charge in [-0.15, -0.1) is 0 Å². The van der Waals surface area contributed by atoms with Gasteiger partial charge in [0.05, 0.1) is 30.5 Å². The fourth-order valence-electron chi connectivity index (χ4n) is 1.84. The largest absolute Gasteiger partial charge is 0.397 e. The van der Waals surface area contributed by atoms with Crippen molar-refractivity contribution in [3.8, 4) is 6.07 Å². The fraction of sp³-hybridized carbons (Fsp3) is 0.429. The molecule has 0 saturated carbocycles. The number of carbonyl (C=O) groups excluding carboxylic acids is 1. The number of nitrogens with two attached hydrogens (primary N) is 1. The third-order valence-corrected chi connectivity index (χ3v) is 2.92. The summed E-state index contributed by atoms with van der Waals surface area (Å²) in [6.45, 7) is 1.68. The summed E-state index contributed by atoms with van der Waals surface area (Å²) in [7, 11) is 3.20. The second-order valence-electron chi connectivity index (χ2n) is 4.24. The molecule has 0 bridgehead atoms. The summed E-state index contributed by atoms with van der Waals surface area (Å²) >= 11 is 0. The monoisotopic (exact) mass is 276 g/mol. The number of anilines is 2. The highest BCUT2D eigenvalue weighted by molar-refractivity contribution is 5.96. The molecule has 0 aliphatic rings. The molecule has 6 heteroatoms. The van der Waals surface area contributed by atoms with E-state index in [1.807, 2.05) is 4.90 Å². The Kier molecular flexibility index (Phi) is 6.33. The van der Waals surface area contributed by atoms with Crippen LogP contribution in [0.25, 0.3) is 0 Å². The SMILES string of the molecule is CNC(=O)c1ccc(N)c(N(CCC#N)CCOC)c1. The number of hydrogen-bond acceptors (Lipinski definition) is 5. The van der Waals surface area contributed by atoms with Gasteiger partial charge in [-0.1, -0.05) is 0 Å². The Labute approximate surface area is 119 Å². The van der Waals surface area contributed by atoms with Crippen LogP contribution < -0.4 is 16.0 Å². The van der Waals surface area contributed by atoms with Gasteiger partial charge in [-0.3, -0.25) is 4.79 Å². The van der Waals surface area contributed by atoms with E-state index in [1.165, 1.54) is 0 Å². The van der Waals surface area contributed by atoms with Crippen LogP contribution >= 0.6 is 0 Å². The first kappa shape index (κ1) is 15.8. The number of amides is 1. The minimum absolute atomic E-state index is 0.168. The van der Waals surface area contributed by atoms with Gasteiger partial charge in [-0.05, 0) is 18.2 Å². The van der Waals surface area contributed by atoms with E-state index in [0.717, 1.165) is 5.69 Å². The van der Waals surface area contributed by atoms with Gasteiger partial charge in [-0.2, -0.15) is 5.26 Å². The van der Waals surface area contributed by atoms with Crippen molar-refractivity contribution in [1.82, 2.24) is 5.32 Å². The minimum atomic E-state index is -0.168. The van der Waals surface area contributed by atoms with Crippen molar-refractivity contribution >= 4 is 17.3 Å². The van der Waals surface area contributed by atoms with Crippen LogP contribution in [0, 0.1) is 11.3 Å². The molecule has 0 spiro atoms. The number of benzene rings is 1. The van der Waals surface area contributed by atoms with Gasteiger partial charge in [0, 0.05) is 32.8 Å². The van der Waals surface area contributed by atoms with E-state index in [2.05, 4.69) is 11.4 Å². The number of rotatable bonds is 7. The number of nitrogens with one attached hydrogen (secondary N) is 1. The number of methoxy groups -OCH3 is 1. The third kappa shape index (κ3) is 4.14. The predicted molar refractivity (Wildman–Crippen MR) is 78.6 cm³/mol. The van der Waals surface area contributed by atoms with Gasteiger partial charge < -0.3 is 20.7 Å². The van der Waals surface area contributed by atoms with Crippen LogP contribution in [-0.2, 0) is 4.74 Å². The summed E-state index contributed by atoms with van der Waals surface area (Å²) in [6.07, 6.45) is 0.382. The maximum absolute atomic E-state index is 11.7. The van der Waals surface area contributed by atoms with Gasteiger partial charge in [0.25, 0.3) is 5.91 Å². The summed E-state index contributed by atoms with van der Waals surface area (Å²) in [6, 6.07) is 7.22. The zero-order valence-electron chi connectivity index (χ0n) is 11.8. The lowest BCUT2D eigenvalue weighted by atomic mass is 10.1. The molecule has 0 aliphatic heterocycles. The maximum Gasteiger partial charge on any atom is 0.251 e. The van der Waals surface area contributed by atoms with Gasteiger partial charge in [0.2, 0.25) is 0 Å². The molecule has 0 heterocycles. The van der Waals surface area contributed by atoms with Crippen molar-refractivity contribution in [3.63, 3.8) is 0 Å². The molecular formula is C14H20N4O2. The van der Waals surface area contributed by atoms with E-state index in [0.29, 0.717) is 37.4 Å². The van der Waals surface area contributed by atoms with Gasteiger partial charge in [0.1, 0.15) is 0 Å². The third-order valence-electron chi connectivity index (χ3n) is 2.92. The fourth-order valence-corrected chi connectivity index (χ4v) is 1.84. The average Bonchev–Trinajstić information content (AvgIpc) is 2.47. The standard InChI is InChI=1S/C14H20N4O2/c1-17-14(19)11-4-5-12(16)13(10-11)18(7-3-6-15)8-9-20-2/h4-5,10H,3,7-9,16H2,1-2H3,(H,17,19). The number of nitrogens with zero attached hydrogens (tertiary/aromatic N) is 2. The lowest BCUT2D eigenvalue weighted by Gasteiger charge is -2.25. The molecule has 0 radical (unpaired) electrons. The molecule has 1 aromatic rings. The van der Waals surface area contributed by atoms with E-state index in [1.54, 1.807) is 32.4 Å². The van der Waals surface area contributed by atoms with E-state index in [9.17, 15) is 4.79 Å². The molecule has 0 aliphatic carbocycles. The maximum atomic E-state index is 11.7. The topological polar surface area (TPSA) is 91.4 Å². The van der Waals surface area contributed by atoms with Crippen molar-refractivity contribution < 1.29 is 9.53 Å². The molecule has 1 amide bonds. The van der Waals surface area contributed by atoms with E-state index < -0.39 is 0 Å². The highest BCUT2D eigenvalue weighted by atomic mass is 16.5. The summed E-state index contributed by atoms with van der Waals surface area (Å²) < 4.78 is 5.07. The highest BCUT2D eigenvalue weighted by Crippen LogP contribution is 2.24. The summed E-state index contributed by atoms with van der Waals surface area (Å²) in [4.78, 5) is 13.6. The molecule has 6 nitrogen and oxygen atoms in total. The number of nitriles is 1. The summed E-state index contributed by atoms with van der Waals surface area (Å²) in [5.41, 5.74) is 7.84. The Morgan fingerprint density at radius 1 is 1.50 bits per heavy atom. The average molecular weight is 276 g/mol. The second kappa shape index (κ2) is 8.02. The Bertz CT molecular complexity index is 496. The number of ether oxygens (including phenoxy) is 1. The lowest BCUT2D eigenvalue weighted by Crippen LogP contribution is -2.29. The zero-order valence-corrected chi connectivity index (χ0v) is 11.8. The molecule has 1 aromatic carbocycles. The Hall–Kier alpha value is -2.26. The van der Waals surface area contributed by atoms with Crippen molar-refractivity contribution in [2.24, 2.45) is 0 Å². The second-order valence-corrected chi connectivity index (χ2v) is 4.24. The van der Waals surface area contributed by atoms with Gasteiger partial charge in [0.15, 0.2) is 0 Å². The number of nitrogen functional groups attached to an aromatic ring is 1. The van der Waals surface area contributed by atoms with Crippen LogP contribution in [0.2, 0.25) is 0 Å². The molecule has 20 heavy (non-hydrogen) atoms. The molecule has 0 unspecified atom stereocenters. The van der Waals surface area contributed by atoms with Crippen molar-refractivity contribution in [2.75, 3.05) is 44.5 Å². The zero-order chi connectivity index (χ0) is 15.0. The van der Waals surface area contributed by atoms with E-state index in [4.69, 9.17) is 15.7 Å². The molecule has 1 rings (SSSR count). The van der Waals surface area contributed by atoms with Crippen molar-refractivity contribution in [3.05, 3.63) is 23.8 Å². The first-order chi connectivity index (χ1) is 9.63. The van der Waals surface area contributed by atoms with Crippen LogP contribution in [0.4, 0.5) is 11.4 Å². The van der Waals surface area contributed by atoms with Crippen LogP contribution in [-0.4, -0.2) is 39.8 Å².